The third kappa shape index (κ3) is 3.48. The molecular formula is C9H14ClNS. The van der Waals surface area contributed by atoms with Gasteiger partial charge in [0.05, 0.1) is 0 Å². The molecule has 0 aliphatic carbocycles. The van der Waals surface area contributed by atoms with Crippen molar-refractivity contribution in [1.82, 2.24) is 0 Å². The number of halogens is 1. The minimum Gasteiger partial charge on any atom is -0.323 e. The summed E-state index contributed by atoms with van der Waals surface area (Å²) in [4.78, 5) is 0. The van der Waals surface area contributed by atoms with Gasteiger partial charge < -0.3 is 5.73 Å². The standard InChI is InChI=1S/C9H13NS.ClH/c1-11-7-9(10)8-5-3-2-4-6-8;/h2-6,9H,7,10H2,1H3;1H. The van der Waals surface area contributed by atoms with E-state index < -0.39 is 0 Å². The van der Waals surface area contributed by atoms with Crippen LogP contribution in [0.25, 0.3) is 0 Å². The number of hydrogen-bond acceptors (Lipinski definition) is 2. The summed E-state index contributed by atoms with van der Waals surface area (Å²) in [5.74, 6) is 0.990. The van der Waals surface area contributed by atoms with Gasteiger partial charge in [-0.1, -0.05) is 30.3 Å². The fourth-order valence-corrected chi connectivity index (χ4v) is 1.53. The third-order valence-corrected chi connectivity index (χ3v) is 2.27. The zero-order valence-electron chi connectivity index (χ0n) is 7.07. The van der Waals surface area contributed by atoms with E-state index in [9.17, 15) is 0 Å². The highest BCUT2D eigenvalue weighted by Gasteiger charge is 2.01. The van der Waals surface area contributed by atoms with E-state index in [2.05, 4.69) is 18.4 Å². The van der Waals surface area contributed by atoms with Crippen LogP contribution in [-0.4, -0.2) is 12.0 Å². The average Bonchev–Trinajstić information content (AvgIpc) is 2.07. The van der Waals surface area contributed by atoms with E-state index >= 15 is 0 Å². The minimum atomic E-state index is 0. The molecule has 0 aromatic heterocycles. The molecule has 1 rings (SSSR count). The predicted molar refractivity (Wildman–Crippen MR) is 59.0 cm³/mol. The molecule has 12 heavy (non-hydrogen) atoms. The Balaban J connectivity index is 0.00000121. The molecule has 0 radical (unpaired) electrons. The van der Waals surface area contributed by atoms with Crippen LogP contribution in [0.3, 0.4) is 0 Å². The normalized spacial score (nSPS) is 11.8. The van der Waals surface area contributed by atoms with Crippen LogP contribution in [0.15, 0.2) is 30.3 Å². The molecule has 0 spiro atoms. The Bertz CT molecular complexity index is 203. The van der Waals surface area contributed by atoms with Crippen molar-refractivity contribution in [2.45, 2.75) is 6.04 Å². The molecule has 1 aromatic carbocycles. The summed E-state index contributed by atoms with van der Waals surface area (Å²) >= 11 is 1.78. The lowest BCUT2D eigenvalue weighted by molar-refractivity contribution is 0.832. The van der Waals surface area contributed by atoms with E-state index in [1.54, 1.807) is 11.8 Å². The van der Waals surface area contributed by atoms with Crippen molar-refractivity contribution in [3.8, 4) is 0 Å². The third-order valence-electron chi connectivity index (χ3n) is 1.57. The van der Waals surface area contributed by atoms with Crippen LogP contribution in [0.5, 0.6) is 0 Å². The van der Waals surface area contributed by atoms with E-state index in [4.69, 9.17) is 5.73 Å². The molecule has 0 amide bonds. The summed E-state index contributed by atoms with van der Waals surface area (Å²) in [6.07, 6.45) is 2.07. The van der Waals surface area contributed by atoms with Gasteiger partial charge in [-0.15, -0.1) is 12.4 Å². The highest BCUT2D eigenvalue weighted by atomic mass is 35.5. The Morgan fingerprint density at radius 1 is 1.33 bits per heavy atom. The lowest BCUT2D eigenvalue weighted by Crippen LogP contribution is -2.12. The lowest BCUT2D eigenvalue weighted by atomic mass is 10.1. The zero-order valence-corrected chi connectivity index (χ0v) is 8.70. The van der Waals surface area contributed by atoms with E-state index in [0.29, 0.717) is 0 Å². The molecule has 3 heteroatoms. The van der Waals surface area contributed by atoms with Crippen LogP contribution < -0.4 is 5.73 Å². The van der Waals surface area contributed by atoms with E-state index in [1.165, 1.54) is 5.56 Å². The molecule has 68 valence electrons. The van der Waals surface area contributed by atoms with Crippen molar-refractivity contribution in [2.75, 3.05) is 12.0 Å². The fraction of sp³-hybridized carbons (Fsp3) is 0.333. The van der Waals surface area contributed by atoms with Gasteiger partial charge in [0.1, 0.15) is 0 Å². The van der Waals surface area contributed by atoms with Gasteiger partial charge in [0.25, 0.3) is 0 Å². The van der Waals surface area contributed by atoms with Gasteiger partial charge in [-0.2, -0.15) is 11.8 Å². The Morgan fingerprint density at radius 2 is 1.92 bits per heavy atom. The fourth-order valence-electron chi connectivity index (χ4n) is 0.976. The highest BCUT2D eigenvalue weighted by Crippen LogP contribution is 2.12. The van der Waals surface area contributed by atoms with Gasteiger partial charge >= 0.3 is 0 Å². The number of benzene rings is 1. The second-order valence-corrected chi connectivity index (χ2v) is 3.38. The van der Waals surface area contributed by atoms with Crippen molar-refractivity contribution in [2.24, 2.45) is 5.73 Å². The summed E-state index contributed by atoms with van der Waals surface area (Å²) in [7, 11) is 0. The minimum absolute atomic E-state index is 0. The Kier molecular flexibility index (Phi) is 6.25. The van der Waals surface area contributed by atoms with E-state index in [0.717, 1.165) is 5.75 Å². The van der Waals surface area contributed by atoms with Gasteiger partial charge in [0.2, 0.25) is 0 Å². The van der Waals surface area contributed by atoms with Crippen molar-refractivity contribution in [3.05, 3.63) is 35.9 Å². The molecular weight excluding hydrogens is 190 g/mol. The first kappa shape index (κ1) is 11.8. The average molecular weight is 204 g/mol. The van der Waals surface area contributed by atoms with Crippen molar-refractivity contribution >= 4 is 24.2 Å². The summed E-state index contributed by atoms with van der Waals surface area (Å²) in [5.41, 5.74) is 7.11. The summed E-state index contributed by atoms with van der Waals surface area (Å²) in [5, 5.41) is 0. The molecule has 1 aromatic rings. The Hall–Kier alpha value is -0.180. The van der Waals surface area contributed by atoms with Crippen molar-refractivity contribution in [3.63, 3.8) is 0 Å². The smallest absolute Gasteiger partial charge is 0.0386 e. The second-order valence-electron chi connectivity index (χ2n) is 2.47. The number of nitrogens with two attached hydrogens (primary N) is 1. The van der Waals surface area contributed by atoms with Crippen molar-refractivity contribution in [1.29, 1.82) is 0 Å². The maximum absolute atomic E-state index is 5.88. The summed E-state index contributed by atoms with van der Waals surface area (Å²) in [6.45, 7) is 0. The van der Waals surface area contributed by atoms with Crippen LogP contribution in [0, 0.1) is 0 Å². The SMILES string of the molecule is CSCC(N)c1ccccc1.Cl. The molecule has 2 N–H and O–H groups in total. The van der Waals surface area contributed by atoms with Crippen LogP contribution in [0.1, 0.15) is 11.6 Å². The topological polar surface area (TPSA) is 26.0 Å². The molecule has 1 atom stereocenters. The van der Waals surface area contributed by atoms with Gasteiger partial charge in [-0.25, -0.2) is 0 Å². The van der Waals surface area contributed by atoms with E-state index in [1.807, 2.05) is 18.2 Å². The Labute approximate surface area is 84.1 Å². The first-order valence-electron chi connectivity index (χ1n) is 3.64. The van der Waals surface area contributed by atoms with Crippen LogP contribution in [0.4, 0.5) is 0 Å². The molecule has 0 saturated heterocycles. The quantitative estimate of drug-likeness (QED) is 0.817. The maximum atomic E-state index is 5.88. The Morgan fingerprint density at radius 3 is 2.42 bits per heavy atom. The molecule has 0 fully saturated rings. The van der Waals surface area contributed by atoms with Gasteiger partial charge in [-0.05, 0) is 11.8 Å². The highest BCUT2D eigenvalue weighted by molar-refractivity contribution is 7.98. The first-order chi connectivity index (χ1) is 5.34. The zero-order chi connectivity index (χ0) is 8.10. The molecule has 0 bridgehead atoms. The van der Waals surface area contributed by atoms with Gasteiger partial charge in [-0.3, -0.25) is 0 Å². The monoisotopic (exact) mass is 203 g/mol. The van der Waals surface area contributed by atoms with E-state index in [-0.39, 0.29) is 18.4 Å². The second kappa shape index (κ2) is 6.35. The predicted octanol–water partition coefficient (Wildman–Crippen LogP) is 2.47. The van der Waals surface area contributed by atoms with Gasteiger partial charge in [0, 0.05) is 11.8 Å². The van der Waals surface area contributed by atoms with Gasteiger partial charge in [0.15, 0.2) is 0 Å². The summed E-state index contributed by atoms with van der Waals surface area (Å²) in [6, 6.07) is 10.4. The van der Waals surface area contributed by atoms with Crippen LogP contribution in [0.2, 0.25) is 0 Å². The summed E-state index contributed by atoms with van der Waals surface area (Å²) < 4.78 is 0. The number of hydrogen-bond donors (Lipinski definition) is 1. The largest absolute Gasteiger partial charge is 0.323 e. The number of thioether (sulfide) groups is 1. The molecule has 0 aliphatic rings. The molecule has 0 saturated carbocycles. The first-order valence-corrected chi connectivity index (χ1v) is 5.03. The maximum Gasteiger partial charge on any atom is 0.0386 e. The number of rotatable bonds is 3. The molecule has 0 heterocycles. The van der Waals surface area contributed by atoms with Crippen LogP contribution in [-0.2, 0) is 0 Å². The molecule has 1 unspecified atom stereocenters. The molecule has 0 aliphatic heterocycles. The molecule has 1 nitrogen and oxygen atoms in total. The lowest BCUT2D eigenvalue weighted by Gasteiger charge is -2.08. The van der Waals surface area contributed by atoms with Crippen LogP contribution >= 0.6 is 24.2 Å². The van der Waals surface area contributed by atoms with Crippen molar-refractivity contribution < 1.29 is 0 Å².